The molecule has 1 fully saturated rings. The summed E-state index contributed by atoms with van der Waals surface area (Å²) in [5, 5.41) is 14.7. The van der Waals surface area contributed by atoms with E-state index in [9.17, 15) is 0 Å². The first-order valence-corrected chi connectivity index (χ1v) is 13.9. The summed E-state index contributed by atoms with van der Waals surface area (Å²) in [4.78, 5) is 11.3. The van der Waals surface area contributed by atoms with Gasteiger partial charge in [0.15, 0.2) is 0 Å². The van der Waals surface area contributed by atoms with Crippen LogP contribution in [0.5, 0.6) is 5.75 Å². The maximum absolute atomic E-state index is 5.92. The number of aromatic nitrogens is 2. The average Bonchev–Trinajstić information content (AvgIpc) is 3.50. The van der Waals surface area contributed by atoms with Gasteiger partial charge in [0.25, 0.3) is 0 Å². The van der Waals surface area contributed by atoms with Crippen LogP contribution in [0, 0.1) is 13.8 Å². The number of aliphatic imine (C=N–C) groups is 1. The Hall–Kier alpha value is -4.14. The lowest BCUT2D eigenvalue weighted by atomic mass is 9.90. The van der Waals surface area contributed by atoms with Crippen LogP contribution in [0.3, 0.4) is 0 Å². The van der Waals surface area contributed by atoms with Gasteiger partial charge >= 0.3 is 0 Å². The summed E-state index contributed by atoms with van der Waals surface area (Å²) in [6.07, 6.45) is 0. The quantitative estimate of drug-likeness (QED) is 0.259. The number of nitrogens with zero attached hydrogens (tertiary/aromatic N) is 3. The zero-order chi connectivity index (χ0) is 27.4. The van der Waals surface area contributed by atoms with Crippen LogP contribution in [-0.2, 0) is 6.54 Å². The number of aromatic amines is 1. The molecular weight excluding hydrogens is 500 g/mol. The van der Waals surface area contributed by atoms with Crippen molar-refractivity contribution in [3.8, 4) is 16.9 Å². The van der Waals surface area contributed by atoms with Crippen molar-refractivity contribution in [3.63, 3.8) is 0 Å². The van der Waals surface area contributed by atoms with Crippen LogP contribution in [0.15, 0.2) is 58.0 Å². The highest BCUT2D eigenvalue weighted by Crippen LogP contribution is 2.46. The van der Waals surface area contributed by atoms with Crippen LogP contribution in [-0.4, -0.2) is 54.2 Å². The molecule has 204 valence electrons. The number of aryl methyl sites for hydroxylation is 2. The van der Waals surface area contributed by atoms with Crippen LogP contribution in [0.1, 0.15) is 41.1 Å². The SMILES string of the molecule is COc1cc2c3c([nH]c2cc1-c1c(C)noc1C)NC(C)=NC3c1ccc(CN2CCNCC2)c2ccccc12. The molecule has 1 saturated heterocycles. The number of methoxy groups -OCH3 is 1. The third-order valence-corrected chi connectivity index (χ3v) is 8.31. The molecular formula is C32H34N6O2. The highest BCUT2D eigenvalue weighted by molar-refractivity contribution is 6.04. The number of ether oxygens (including phenoxy) is 1. The predicted molar refractivity (Wildman–Crippen MR) is 160 cm³/mol. The minimum absolute atomic E-state index is 0.155. The highest BCUT2D eigenvalue weighted by Gasteiger charge is 2.29. The van der Waals surface area contributed by atoms with E-state index >= 15 is 0 Å². The summed E-state index contributed by atoms with van der Waals surface area (Å²) in [7, 11) is 1.71. The van der Waals surface area contributed by atoms with E-state index in [4.69, 9.17) is 14.3 Å². The van der Waals surface area contributed by atoms with Crippen molar-refractivity contribution in [2.45, 2.75) is 33.4 Å². The molecule has 0 aliphatic carbocycles. The lowest BCUT2D eigenvalue weighted by Crippen LogP contribution is -2.42. The van der Waals surface area contributed by atoms with Gasteiger partial charge in [0.05, 0.1) is 24.2 Å². The minimum Gasteiger partial charge on any atom is -0.496 e. The number of rotatable bonds is 5. The second-order valence-corrected chi connectivity index (χ2v) is 10.8. The summed E-state index contributed by atoms with van der Waals surface area (Å²) in [6.45, 7) is 11.1. The Labute approximate surface area is 233 Å². The minimum atomic E-state index is -0.155. The molecule has 8 nitrogen and oxygen atoms in total. The van der Waals surface area contributed by atoms with Crippen molar-refractivity contribution < 1.29 is 9.26 Å². The number of amidine groups is 1. The Balaban J connectivity index is 1.38. The van der Waals surface area contributed by atoms with Gasteiger partial charge < -0.3 is 24.9 Å². The molecule has 2 aliphatic heterocycles. The van der Waals surface area contributed by atoms with Crippen molar-refractivity contribution in [1.82, 2.24) is 20.4 Å². The van der Waals surface area contributed by atoms with Crippen LogP contribution in [0.25, 0.3) is 32.8 Å². The maximum Gasteiger partial charge on any atom is 0.141 e. The molecule has 7 rings (SSSR count). The van der Waals surface area contributed by atoms with Crippen LogP contribution < -0.4 is 15.4 Å². The summed E-state index contributed by atoms with van der Waals surface area (Å²) >= 11 is 0. The zero-order valence-corrected chi connectivity index (χ0v) is 23.4. The molecule has 2 aromatic heterocycles. The van der Waals surface area contributed by atoms with Crippen molar-refractivity contribution in [2.75, 3.05) is 38.6 Å². The topological polar surface area (TPSA) is 90.7 Å². The second-order valence-electron chi connectivity index (χ2n) is 10.8. The summed E-state index contributed by atoms with van der Waals surface area (Å²) in [5.74, 6) is 3.41. The smallest absolute Gasteiger partial charge is 0.141 e. The Kier molecular flexibility index (Phi) is 6.09. The molecule has 1 unspecified atom stereocenters. The normalized spacial score (nSPS) is 17.6. The molecule has 3 N–H and O–H groups in total. The van der Waals surface area contributed by atoms with E-state index in [2.05, 4.69) is 74.2 Å². The molecule has 3 aromatic carbocycles. The molecule has 0 saturated carbocycles. The van der Waals surface area contributed by atoms with Crippen molar-refractivity contribution >= 4 is 33.3 Å². The number of hydrogen-bond acceptors (Lipinski definition) is 7. The largest absolute Gasteiger partial charge is 0.496 e. The average molecular weight is 535 g/mol. The Morgan fingerprint density at radius 2 is 1.80 bits per heavy atom. The summed E-state index contributed by atoms with van der Waals surface area (Å²) < 4.78 is 11.4. The molecule has 8 heteroatoms. The number of nitrogens with one attached hydrogen (secondary N) is 3. The molecule has 0 amide bonds. The van der Waals surface area contributed by atoms with Gasteiger partial charge in [-0.3, -0.25) is 9.89 Å². The second kappa shape index (κ2) is 9.80. The molecule has 2 aliphatic rings. The molecule has 40 heavy (non-hydrogen) atoms. The number of hydrogen-bond donors (Lipinski definition) is 3. The first-order chi connectivity index (χ1) is 19.5. The third-order valence-electron chi connectivity index (χ3n) is 8.31. The number of H-pyrrole nitrogens is 1. The van der Waals surface area contributed by atoms with Gasteiger partial charge in [-0.1, -0.05) is 41.6 Å². The van der Waals surface area contributed by atoms with Crippen LogP contribution in [0.2, 0.25) is 0 Å². The van der Waals surface area contributed by atoms with Crippen molar-refractivity contribution in [3.05, 3.63) is 76.7 Å². The van der Waals surface area contributed by atoms with E-state index in [1.54, 1.807) is 7.11 Å². The standard InChI is InChI=1S/C32H34N6O2/c1-18-29(19(2)40-37-18)26-15-27-25(16-28(26)39-4)30-31(34-20(3)35-32(30)36-27)24-10-9-21(17-38-13-11-33-12-14-38)22-7-5-6-8-23(22)24/h5-10,15-16,31,33,36H,11-14,17H2,1-4H3,(H,34,35). The van der Waals surface area contributed by atoms with E-state index in [-0.39, 0.29) is 6.04 Å². The van der Waals surface area contributed by atoms with E-state index in [1.165, 1.54) is 21.9 Å². The maximum atomic E-state index is 5.92. The number of benzene rings is 3. The molecule has 1 atom stereocenters. The molecule has 0 radical (unpaired) electrons. The molecule has 4 heterocycles. The monoisotopic (exact) mass is 534 g/mol. The van der Waals surface area contributed by atoms with Gasteiger partial charge in [-0.25, -0.2) is 0 Å². The third kappa shape index (κ3) is 4.06. The first kappa shape index (κ1) is 24.9. The fourth-order valence-corrected chi connectivity index (χ4v) is 6.42. The molecule has 5 aromatic rings. The molecule has 0 spiro atoms. The van der Waals surface area contributed by atoms with Gasteiger partial charge in [-0.2, -0.15) is 0 Å². The van der Waals surface area contributed by atoms with Gasteiger partial charge in [-0.15, -0.1) is 0 Å². The van der Waals surface area contributed by atoms with Gasteiger partial charge in [0.2, 0.25) is 0 Å². The fourth-order valence-electron chi connectivity index (χ4n) is 6.42. The van der Waals surface area contributed by atoms with Gasteiger partial charge in [0.1, 0.15) is 23.4 Å². The predicted octanol–water partition coefficient (Wildman–Crippen LogP) is 5.94. The van der Waals surface area contributed by atoms with E-state index in [1.807, 2.05) is 20.8 Å². The van der Waals surface area contributed by atoms with E-state index in [0.717, 1.165) is 89.2 Å². The lowest BCUT2D eigenvalue weighted by Gasteiger charge is -2.28. The van der Waals surface area contributed by atoms with E-state index in [0.29, 0.717) is 0 Å². The summed E-state index contributed by atoms with van der Waals surface area (Å²) in [5.41, 5.74) is 7.48. The Morgan fingerprint density at radius 1 is 1.00 bits per heavy atom. The van der Waals surface area contributed by atoms with Crippen LogP contribution >= 0.6 is 0 Å². The number of anilines is 1. The number of piperazine rings is 1. The van der Waals surface area contributed by atoms with Gasteiger partial charge in [0, 0.05) is 54.8 Å². The Bertz CT molecular complexity index is 1760. The lowest BCUT2D eigenvalue weighted by molar-refractivity contribution is 0.234. The van der Waals surface area contributed by atoms with Crippen molar-refractivity contribution in [2.24, 2.45) is 4.99 Å². The fraction of sp³-hybridized carbons (Fsp3) is 0.312. The highest BCUT2D eigenvalue weighted by atomic mass is 16.5. The zero-order valence-electron chi connectivity index (χ0n) is 23.4. The number of fused-ring (bicyclic) bond motifs is 4. The van der Waals surface area contributed by atoms with E-state index < -0.39 is 0 Å². The molecule has 0 bridgehead atoms. The van der Waals surface area contributed by atoms with Gasteiger partial charge in [-0.05, 0) is 54.8 Å². The Morgan fingerprint density at radius 3 is 2.55 bits per heavy atom. The first-order valence-electron chi connectivity index (χ1n) is 13.9. The van der Waals surface area contributed by atoms with Crippen molar-refractivity contribution in [1.29, 1.82) is 0 Å². The summed E-state index contributed by atoms with van der Waals surface area (Å²) in [6, 6.07) is 17.5. The van der Waals surface area contributed by atoms with Crippen LogP contribution in [0.4, 0.5) is 5.82 Å².